The van der Waals surface area contributed by atoms with Crippen LogP contribution in [0.4, 0.5) is 21.0 Å². The summed E-state index contributed by atoms with van der Waals surface area (Å²) in [6.07, 6.45) is 3.15. The van der Waals surface area contributed by atoms with Crippen LogP contribution in [0.1, 0.15) is 19.3 Å². The third-order valence-electron chi connectivity index (χ3n) is 5.77. The molecular weight excluding hydrogens is 360 g/mol. The van der Waals surface area contributed by atoms with E-state index in [9.17, 15) is 9.59 Å². The third-order valence-corrected chi connectivity index (χ3v) is 5.77. The number of hydrogen-bond donors (Lipinski definition) is 2. The Morgan fingerprint density at radius 2 is 2.07 bits per heavy atom. The Morgan fingerprint density at radius 3 is 2.79 bits per heavy atom. The van der Waals surface area contributed by atoms with Crippen molar-refractivity contribution in [1.29, 1.82) is 0 Å². The van der Waals surface area contributed by atoms with Crippen molar-refractivity contribution in [2.45, 2.75) is 25.3 Å². The molecule has 8 heteroatoms. The van der Waals surface area contributed by atoms with Crippen LogP contribution >= 0.6 is 0 Å². The Hall–Kier alpha value is -2.32. The molecule has 2 N–H and O–H groups in total. The summed E-state index contributed by atoms with van der Waals surface area (Å²) in [5.41, 5.74) is 1.37. The predicted octanol–water partition coefficient (Wildman–Crippen LogP) is 2.27. The van der Waals surface area contributed by atoms with Gasteiger partial charge in [-0.1, -0.05) is 6.07 Å². The number of anilines is 2. The maximum atomic E-state index is 12.5. The molecule has 28 heavy (non-hydrogen) atoms. The summed E-state index contributed by atoms with van der Waals surface area (Å²) in [5.74, 6) is 0.475. The lowest BCUT2D eigenvalue weighted by Crippen LogP contribution is -2.48. The summed E-state index contributed by atoms with van der Waals surface area (Å²) in [6.45, 7) is 5.30. The summed E-state index contributed by atoms with van der Waals surface area (Å²) in [4.78, 5) is 28.2. The van der Waals surface area contributed by atoms with Crippen LogP contribution in [0.15, 0.2) is 24.3 Å². The topological polar surface area (TPSA) is 83.1 Å². The average molecular weight is 388 g/mol. The molecule has 0 saturated carbocycles. The number of urea groups is 1. The molecular formula is C20H28N4O4. The summed E-state index contributed by atoms with van der Waals surface area (Å²) in [5, 5.41) is 5.91. The Labute approximate surface area is 165 Å². The SMILES string of the molecule is O=C(NC[C@H]([C@@H]1CCOC1)N1CCCC1)Nc1cccc(N2CCOC2=O)c1. The van der Waals surface area contributed by atoms with Crippen molar-refractivity contribution in [3.8, 4) is 0 Å². The van der Waals surface area contributed by atoms with Crippen molar-refractivity contribution in [3.63, 3.8) is 0 Å². The number of amides is 3. The van der Waals surface area contributed by atoms with Crippen LogP contribution in [0.5, 0.6) is 0 Å². The normalized spacial score (nSPS) is 23.6. The minimum Gasteiger partial charge on any atom is -0.447 e. The number of carbonyl (C=O) groups excluding carboxylic acids is 2. The number of rotatable bonds is 6. The van der Waals surface area contributed by atoms with Gasteiger partial charge in [-0.2, -0.15) is 0 Å². The van der Waals surface area contributed by atoms with Gasteiger partial charge in [-0.15, -0.1) is 0 Å². The maximum Gasteiger partial charge on any atom is 0.414 e. The highest BCUT2D eigenvalue weighted by Gasteiger charge is 2.32. The highest BCUT2D eigenvalue weighted by atomic mass is 16.6. The number of carbonyl (C=O) groups is 2. The molecule has 3 aliphatic rings. The van der Waals surface area contributed by atoms with E-state index in [0.717, 1.165) is 38.4 Å². The monoisotopic (exact) mass is 388 g/mol. The number of cyclic esters (lactones) is 1. The van der Waals surface area contributed by atoms with E-state index in [2.05, 4.69) is 15.5 Å². The second kappa shape index (κ2) is 8.79. The number of nitrogens with one attached hydrogen (secondary N) is 2. The van der Waals surface area contributed by atoms with Crippen molar-refractivity contribution in [3.05, 3.63) is 24.3 Å². The fourth-order valence-corrected chi connectivity index (χ4v) is 4.28. The fraction of sp³-hybridized carbons (Fsp3) is 0.600. The molecule has 0 spiro atoms. The van der Waals surface area contributed by atoms with Gasteiger partial charge in [0.05, 0.1) is 13.2 Å². The van der Waals surface area contributed by atoms with Crippen molar-refractivity contribution >= 4 is 23.5 Å². The molecule has 3 fully saturated rings. The first-order valence-corrected chi connectivity index (χ1v) is 10.1. The van der Waals surface area contributed by atoms with Gasteiger partial charge in [-0.05, 0) is 50.6 Å². The number of benzene rings is 1. The van der Waals surface area contributed by atoms with Crippen LogP contribution in [0, 0.1) is 5.92 Å². The van der Waals surface area contributed by atoms with E-state index in [4.69, 9.17) is 9.47 Å². The summed E-state index contributed by atoms with van der Waals surface area (Å²) in [6, 6.07) is 7.34. The third kappa shape index (κ3) is 4.39. The van der Waals surface area contributed by atoms with Gasteiger partial charge in [0, 0.05) is 36.5 Å². The van der Waals surface area contributed by atoms with Crippen molar-refractivity contribution < 1.29 is 19.1 Å². The lowest BCUT2D eigenvalue weighted by Gasteiger charge is -2.32. The lowest BCUT2D eigenvalue weighted by molar-refractivity contribution is 0.135. The molecule has 0 radical (unpaired) electrons. The van der Waals surface area contributed by atoms with Gasteiger partial charge in [-0.25, -0.2) is 9.59 Å². The van der Waals surface area contributed by atoms with Gasteiger partial charge in [0.2, 0.25) is 0 Å². The van der Waals surface area contributed by atoms with Gasteiger partial charge in [0.1, 0.15) is 6.61 Å². The van der Waals surface area contributed by atoms with Gasteiger partial charge in [0.15, 0.2) is 0 Å². The molecule has 1 aromatic carbocycles. The van der Waals surface area contributed by atoms with Crippen LogP contribution in [-0.4, -0.2) is 69.1 Å². The first kappa shape index (κ1) is 19.0. The Morgan fingerprint density at radius 1 is 1.21 bits per heavy atom. The molecule has 3 saturated heterocycles. The zero-order valence-electron chi connectivity index (χ0n) is 16.1. The molecule has 3 heterocycles. The molecule has 0 unspecified atom stereocenters. The largest absolute Gasteiger partial charge is 0.447 e. The summed E-state index contributed by atoms with van der Waals surface area (Å²) in [7, 11) is 0. The number of ether oxygens (including phenoxy) is 2. The zero-order chi connectivity index (χ0) is 19.3. The molecule has 8 nitrogen and oxygen atoms in total. The molecule has 152 valence electrons. The maximum absolute atomic E-state index is 12.5. The molecule has 3 amide bonds. The van der Waals surface area contributed by atoms with Crippen LogP contribution in [-0.2, 0) is 9.47 Å². The van der Waals surface area contributed by atoms with E-state index in [1.54, 1.807) is 11.0 Å². The smallest absolute Gasteiger partial charge is 0.414 e. The molecule has 2 atom stereocenters. The van der Waals surface area contributed by atoms with E-state index in [1.807, 2.05) is 18.2 Å². The first-order chi connectivity index (χ1) is 13.7. The minimum absolute atomic E-state index is 0.232. The average Bonchev–Trinajstić information content (AvgIpc) is 3.45. The molecule has 3 aliphatic heterocycles. The van der Waals surface area contributed by atoms with Crippen molar-refractivity contribution in [2.75, 3.05) is 56.2 Å². The fourth-order valence-electron chi connectivity index (χ4n) is 4.28. The standard InChI is InChI=1S/C20H28N4O4/c25-19(21-13-18(15-6-10-27-14-15)23-7-1-2-8-23)22-16-4-3-5-17(12-16)24-9-11-28-20(24)26/h3-5,12,15,18H,1-2,6-11,13-14H2,(H2,21,22,25)/t15-,18-/m1/s1. The van der Waals surface area contributed by atoms with E-state index in [-0.39, 0.29) is 12.1 Å². The molecule has 1 aromatic rings. The molecule has 0 aromatic heterocycles. The highest BCUT2D eigenvalue weighted by molar-refractivity contribution is 5.93. The van der Waals surface area contributed by atoms with Gasteiger partial charge in [0.25, 0.3) is 0 Å². The quantitative estimate of drug-likeness (QED) is 0.781. The highest BCUT2D eigenvalue weighted by Crippen LogP contribution is 2.25. The summed E-state index contributed by atoms with van der Waals surface area (Å²) < 4.78 is 10.5. The van der Waals surface area contributed by atoms with E-state index in [0.29, 0.717) is 37.3 Å². The van der Waals surface area contributed by atoms with Gasteiger partial charge in [-0.3, -0.25) is 9.80 Å². The van der Waals surface area contributed by atoms with E-state index < -0.39 is 0 Å². The number of likely N-dealkylation sites (tertiary alicyclic amines) is 1. The molecule has 0 bridgehead atoms. The zero-order valence-corrected chi connectivity index (χ0v) is 16.1. The number of hydrogen-bond acceptors (Lipinski definition) is 5. The second-order valence-corrected chi connectivity index (χ2v) is 7.59. The van der Waals surface area contributed by atoms with Crippen LogP contribution in [0.2, 0.25) is 0 Å². The second-order valence-electron chi connectivity index (χ2n) is 7.59. The molecule has 4 rings (SSSR count). The van der Waals surface area contributed by atoms with Crippen molar-refractivity contribution in [1.82, 2.24) is 10.2 Å². The van der Waals surface area contributed by atoms with Gasteiger partial charge < -0.3 is 20.1 Å². The lowest BCUT2D eigenvalue weighted by atomic mass is 9.97. The minimum atomic E-state index is -0.353. The Kier molecular flexibility index (Phi) is 5.97. The summed E-state index contributed by atoms with van der Waals surface area (Å²) >= 11 is 0. The van der Waals surface area contributed by atoms with Crippen molar-refractivity contribution in [2.24, 2.45) is 5.92 Å². The predicted molar refractivity (Wildman–Crippen MR) is 106 cm³/mol. The van der Waals surface area contributed by atoms with Gasteiger partial charge >= 0.3 is 12.1 Å². The first-order valence-electron chi connectivity index (χ1n) is 10.1. The van der Waals surface area contributed by atoms with E-state index in [1.165, 1.54) is 12.8 Å². The Bertz CT molecular complexity index is 685. The number of nitrogens with zero attached hydrogens (tertiary/aromatic N) is 2. The van der Waals surface area contributed by atoms with E-state index >= 15 is 0 Å². The molecule has 0 aliphatic carbocycles. The van der Waals surface area contributed by atoms with Crippen LogP contribution in [0.3, 0.4) is 0 Å². The van der Waals surface area contributed by atoms with Crippen LogP contribution in [0.25, 0.3) is 0 Å². The van der Waals surface area contributed by atoms with Crippen LogP contribution < -0.4 is 15.5 Å². The Balaban J connectivity index is 1.33.